The normalized spacial score (nSPS) is 16.3. The average molecular weight is 429 g/mol. The summed E-state index contributed by atoms with van der Waals surface area (Å²) in [7, 11) is 1.74. The van der Waals surface area contributed by atoms with Crippen molar-refractivity contribution in [2.75, 3.05) is 26.7 Å². The topological polar surface area (TPSA) is 74.8 Å². The van der Waals surface area contributed by atoms with Crippen molar-refractivity contribution in [1.82, 2.24) is 16.0 Å². The van der Waals surface area contributed by atoms with Gasteiger partial charge in [-0.1, -0.05) is 35.9 Å². The number of hydrogen-bond donors (Lipinski definition) is 3. The first-order valence-corrected chi connectivity index (χ1v) is 10.7. The number of hydrogen-bond acceptors (Lipinski definition) is 3. The molecule has 1 atom stereocenters. The van der Waals surface area contributed by atoms with E-state index in [-0.39, 0.29) is 12.0 Å². The second-order valence-corrected chi connectivity index (χ2v) is 7.71. The summed E-state index contributed by atoms with van der Waals surface area (Å²) in [6, 6.07) is 15.5. The molecule has 1 unspecified atom stereocenters. The van der Waals surface area contributed by atoms with E-state index < -0.39 is 0 Å². The lowest BCUT2D eigenvalue weighted by Crippen LogP contribution is -2.38. The summed E-state index contributed by atoms with van der Waals surface area (Å²) in [5.41, 5.74) is 2.83. The van der Waals surface area contributed by atoms with Gasteiger partial charge < -0.3 is 20.7 Å². The minimum Gasteiger partial charge on any atom is -0.376 e. The van der Waals surface area contributed by atoms with Gasteiger partial charge in [0.2, 0.25) is 0 Å². The van der Waals surface area contributed by atoms with Crippen LogP contribution >= 0.6 is 11.6 Å². The molecule has 0 aliphatic carbocycles. The van der Waals surface area contributed by atoms with E-state index >= 15 is 0 Å². The highest BCUT2D eigenvalue weighted by Crippen LogP contribution is 2.12. The van der Waals surface area contributed by atoms with Gasteiger partial charge >= 0.3 is 0 Å². The smallest absolute Gasteiger partial charge is 0.251 e. The molecule has 2 aromatic carbocycles. The van der Waals surface area contributed by atoms with Gasteiger partial charge in [-0.15, -0.1) is 0 Å². The highest BCUT2D eigenvalue weighted by atomic mass is 35.5. The Morgan fingerprint density at radius 3 is 2.73 bits per heavy atom. The van der Waals surface area contributed by atoms with Gasteiger partial charge in [0.15, 0.2) is 5.96 Å². The number of ether oxygens (including phenoxy) is 1. The lowest BCUT2D eigenvalue weighted by molar-refractivity contribution is 0.0857. The Kier molecular flexibility index (Phi) is 8.53. The van der Waals surface area contributed by atoms with Crippen molar-refractivity contribution in [3.63, 3.8) is 0 Å². The molecule has 0 radical (unpaired) electrons. The summed E-state index contributed by atoms with van der Waals surface area (Å²) in [5.74, 6) is 0.640. The van der Waals surface area contributed by atoms with E-state index in [9.17, 15) is 4.79 Å². The fraction of sp³-hybridized carbons (Fsp3) is 0.391. The van der Waals surface area contributed by atoms with Crippen molar-refractivity contribution in [3.05, 3.63) is 70.2 Å². The molecule has 1 fully saturated rings. The van der Waals surface area contributed by atoms with Gasteiger partial charge in [-0.2, -0.15) is 0 Å². The summed E-state index contributed by atoms with van der Waals surface area (Å²) in [6.45, 7) is 2.66. The highest BCUT2D eigenvalue weighted by Gasteiger charge is 2.16. The van der Waals surface area contributed by atoms with Crippen LogP contribution in [0.5, 0.6) is 0 Å². The zero-order chi connectivity index (χ0) is 21.2. The SMILES string of the molecule is CN=C(NCCc1cccc(Cl)c1)NCc1cccc(C(=O)NCC2CCCO2)c1. The third-order valence-corrected chi connectivity index (χ3v) is 5.22. The van der Waals surface area contributed by atoms with E-state index in [1.807, 2.05) is 42.5 Å². The Morgan fingerprint density at radius 1 is 1.13 bits per heavy atom. The number of amides is 1. The van der Waals surface area contributed by atoms with Crippen molar-refractivity contribution in [1.29, 1.82) is 0 Å². The Bertz CT molecular complexity index is 866. The van der Waals surface area contributed by atoms with Gasteiger partial charge in [0.25, 0.3) is 5.91 Å². The van der Waals surface area contributed by atoms with Crippen molar-refractivity contribution in [2.45, 2.75) is 31.9 Å². The van der Waals surface area contributed by atoms with Crippen LogP contribution < -0.4 is 16.0 Å². The largest absolute Gasteiger partial charge is 0.376 e. The number of nitrogens with one attached hydrogen (secondary N) is 3. The van der Waals surface area contributed by atoms with Crippen LogP contribution in [-0.2, 0) is 17.7 Å². The van der Waals surface area contributed by atoms with E-state index in [2.05, 4.69) is 27.0 Å². The van der Waals surface area contributed by atoms with Crippen molar-refractivity contribution >= 4 is 23.5 Å². The van der Waals surface area contributed by atoms with E-state index in [0.29, 0.717) is 24.6 Å². The average Bonchev–Trinajstić information content (AvgIpc) is 3.28. The molecule has 1 aliphatic heterocycles. The van der Waals surface area contributed by atoms with Gasteiger partial charge in [-0.25, -0.2) is 0 Å². The number of aliphatic imine (C=N–C) groups is 1. The lowest BCUT2D eigenvalue weighted by Gasteiger charge is -2.13. The first-order chi connectivity index (χ1) is 14.6. The molecule has 1 aliphatic rings. The number of nitrogens with zero attached hydrogens (tertiary/aromatic N) is 1. The number of rotatable bonds is 8. The van der Waals surface area contributed by atoms with Gasteiger partial charge in [-0.05, 0) is 54.7 Å². The maximum Gasteiger partial charge on any atom is 0.251 e. The molecule has 3 N–H and O–H groups in total. The van der Waals surface area contributed by atoms with Crippen LogP contribution in [-0.4, -0.2) is 44.7 Å². The van der Waals surface area contributed by atoms with E-state index in [0.717, 1.165) is 43.0 Å². The number of guanidine groups is 1. The first kappa shape index (κ1) is 22.1. The molecule has 3 rings (SSSR count). The Labute approximate surface area is 183 Å². The molecule has 1 amide bonds. The van der Waals surface area contributed by atoms with Crippen LogP contribution in [0.3, 0.4) is 0 Å². The summed E-state index contributed by atoms with van der Waals surface area (Å²) >= 11 is 6.03. The number of benzene rings is 2. The van der Waals surface area contributed by atoms with Crippen molar-refractivity contribution < 1.29 is 9.53 Å². The van der Waals surface area contributed by atoms with Gasteiger partial charge in [0.05, 0.1) is 6.10 Å². The second-order valence-electron chi connectivity index (χ2n) is 7.28. The fourth-order valence-electron chi connectivity index (χ4n) is 3.36. The van der Waals surface area contributed by atoms with E-state index in [1.165, 1.54) is 5.56 Å². The molecule has 0 spiro atoms. The second kappa shape index (κ2) is 11.6. The van der Waals surface area contributed by atoms with Crippen LogP contribution in [0.1, 0.15) is 34.3 Å². The van der Waals surface area contributed by atoms with Crippen LogP contribution in [0, 0.1) is 0 Å². The zero-order valence-corrected chi connectivity index (χ0v) is 18.0. The van der Waals surface area contributed by atoms with E-state index in [4.69, 9.17) is 16.3 Å². The standard InChI is InChI=1S/C23H29ClN4O2/c1-25-23(26-11-10-17-5-3-8-20(24)14-17)28-15-18-6-2-7-19(13-18)22(29)27-16-21-9-4-12-30-21/h2-3,5-8,13-14,21H,4,9-12,15-16H2,1H3,(H,27,29)(H2,25,26,28). The molecule has 0 aromatic heterocycles. The Balaban J connectivity index is 1.44. The highest BCUT2D eigenvalue weighted by molar-refractivity contribution is 6.30. The third kappa shape index (κ3) is 7.04. The predicted octanol–water partition coefficient (Wildman–Crippen LogP) is 3.16. The minimum atomic E-state index is -0.0728. The van der Waals surface area contributed by atoms with Crippen LogP contribution in [0.2, 0.25) is 5.02 Å². The Hall–Kier alpha value is -2.57. The quantitative estimate of drug-likeness (QED) is 0.446. The molecule has 6 nitrogen and oxygen atoms in total. The molecule has 0 saturated carbocycles. The molecule has 7 heteroatoms. The maximum atomic E-state index is 12.4. The van der Waals surface area contributed by atoms with E-state index in [1.54, 1.807) is 7.05 Å². The lowest BCUT2D eigenvalue weighted by atomic mass is 10.1. The minimum absolute atomic E-state index is 0.0728. The van der Waals surface area contributed by atoms with Crippen LogP contribution in [0.25, 0.3) is 0 Å². The monoisotopic (exact) mass is 428 g/mol. The molecular weight excluding hydrogens is 400 g/mol. The summed E-state index contributed by atoms with van der Waals surface area (Å²) in [6.07, 6.45) is 3.06. The molecule has 1 saturated heterocycles. The Morgan fingerprint density at radius 2 is 1.97 bits per heavy atom. The first-order valence-electron chi connectivity index (χ1n) is 10.3. The third-order valence-electron chi connectivity index (χ3n) is 4.98. The van der Waals surface area contributed by atoms with Crippen LogP contribution in [0.15, 0.2) is 53.5 Å². The zero-order valence-electron chi connectivity index (χ0n) is 17.3. The number of carbonyl (C=O) groups excluding carboxylic acids is 1. The maximum absolute atomic E-state index is 12.4. The summed E-state index contributed by atoms with van der Waals surface area (Å²) in [4.78, 5) is 16.7. The predicted molar refractivity (Wildman–Crippen MR) is 121 cm³/mol. The number of halogens is 1. The van der Waals surface area contributed by atoms with Crippen LogP contribution in [0.4, 0.5) is 0 Å². The number of carbonyl (C=O) groups is 1. The van der Waals surface area contributed by atoms with Crippen molar-refractivity contribution in [3.8, 4) is 0 Å². The molecule has 0 bridgehead atoms. The summed E-state index contributed by atoms with van der Waals surface area (Å²) < 4.78 is 5.56. The molecular formula is C23H29ClN4O2. The van der Waals surface area contributed by atoms with Gasteiger partial charge in [0.1, 0.15) is 0 Å². The molecule has 160 valence electrons. The fourth-order valence-corrected chi connectivity index (χ4v) is 3.57. The van der Waals surface area contributed by atoms with Gasteiger partial charge in [-0.3, -0.25) is 9.79 Å². The molecule has 30 heavy (non-hydrogen) atoms. The molecule has 1 heterocycles. The molecule has 2 aromatic rings. The summed E-state index contributed by atoms with van der Waals surface area (Å²) in [5, 5.41) is 10.3. The van der Waals surface area contributed by atoms with Crippen molar-refractivity contribution in [2.24, 2.45) is 4.99 Å². The van der Waals surface area contributed by atoms with Gasteiger partial charge in [0, 0.05) is 43.9 Å².